The lowest BCUT2D eigenvalue weighted by atomic mass is 10.4. The van der Waals surface area contributed by atoms with Crippen molar-refractivity contribution in [3.05, 3.63) is 12.0 Å². The molecule has 2 aromatic heterocycles. The maximum absolute atomic E-state index is 5.59. The van der Waals surface area contributed by atoms with Crippen LogP contribution < -0.4 is 5.73 Å². The molecule has 0 aliphatic rings. The highest BCUT2D eigenvalue weighted by atomic mass is 32.1. The van der Waals surface area contributed by atoms with Gasteiger partial charge >= 0.3 is 0 Å². The molecular formula is C7H9N5S. The van der Waals surface area contributed by atoms with Crippen molar-refractivity contribution in [2.75, 3.05) is 5.73 Å². The van der Waals surface area contributed by atoms with Crippen molar-refractivity contribution in [3.8, 4) is 10.7 Å². The second-order valence-corrected chi connectivity index (χ2v) is 3.76. The van der Waals surface area contributed by atoms with Crippen LogP contribution in [0.15, 0.2) is 6.33 Å². The summed E-state index contributed by atoms with van der Waals surface area (Å²) in [6.07, 6.45) is 1.66. The van der Waals surface area contributed by atoms with E-state index in [0.29, 0.717) is 5.13 Å². The zero-order valence-corrected chi connectivity index (χ0v) is 8.17. The number of hydrogen-bond donors (Lipinski definition) is 1. The highest BCUT2D eigenvalue weighted by Gasteiger charge is 2.12. The number of aryl methyl sites for hydroxylation is 2. The molecule has 6 heteroatoms. The second kappa shape index (κ2) is 2.81. The number of nitrogens with two attached hydrogens (primary N) is 1. The van der Waals surface area contributed by atoms with Crippen LogP contribution in [0.2, 0.25) is 0 Å². The molecule has 0 bridgehead atoms. The van der Waals surface area contributed by atoms with Crippen molar-refractivity contribution in [1.29, 1.82) is 0 Å². The average molecular weight is 195 g/mol. The topological polar surface area (TPSA) is 69.6 Å². The van der Waals surface area contributed by atoms with Crippen LogP contribution >= 0.6 is 11.3 Å². The fourth-order valence-electron chi connectivity index (χ4n) is 1.11. The summed E-state index contributed by atoms with van der Waals surface area (Å²) in [4.78, 5) is 5.11. The maximum atomic E-state index is 5.59. The van der Waals surface area contributed by atoms with Crippen LogP contribution in [0.3, 0.4) is 0 Å². The van der Waals surface area contributed by atoms with Crippen molar-refractivity contribution >= 4 is 16.5 Å². The first-order valence-electron chi connectivity index (χ1n) is 3.75. The molecule has 0 saturated carbocycles. The summed E-state index contributed by atoms with van der Waals surface area (Å²) in [5.74, 6) is 0.812. The van der Waals surface area contributed by atoms with E-state index in [2.05, 4.69) is 15.2 Å². The zero-order valence-electron chi connectivity index (χ0n) is 7.35. The van der Waals surface area contributed by atoms with E-state index in [9.17, 15) is 0 Å². The lowest BCUT2D eigenvalue weighted by Crippen LogP contribution is -1.90. The first-order chi connectivity index (χ1) is 6.18. The minimum Gasteiger partial charge on any atom is -0.375 e. The summed E-state index contributed by atoms with van der Waals surface area (Å²) < 4.78 is 1.85. The molecule has 0 fully saturated rings. The quantitative estimate of drug-likeness (QED) is 0.731. The molecule has 13 heavy (non-hydrogen) atoms. The monoisotopic (exact) mass is 195 g/mol. The maximum Gasteiger partial charge on any atom is 0.180 e. The fraction of sp³-hybridized carbons (Fsp3) is 0.286. The van der Waals surface area contributed by atoms with Gasteiger partial charge in [0, 0.05) is 7.05 Å². The third kappa shape index (κ3) is 1.29. The molecule has 2 heterocycles. The Morgan fingerprint density at radius 3 is 2.77 bits per heavy atom. The van der Waals surface area contributed by atoms with Gasteiger partial charge in [0.2, 0.25) is 0 Å². The first kappa shape index (κ1) is 8.18. The molecule has 2 aromatic rings. The van der Waals surface area contributed by atoms with Crippen LogP contribution in [0.1, 0.15) is 5.69 Å². The minimum atomic E-state index is 0.565. The summed E-state index contributed by atoms with van der Waals surface area (Å²) in [5, 5.41) is 8.35. The molecule has 0 aliphatic carbocycles. The predicted octanol–water partition coefficient (Wildman–Crippen LogP) is 0.829. The van der Waals surface area contributed by atoms with E-state index in [0.717, 1.165) is 16.4 Å². The third-order valence-corrected chi connectivity index (χ3v) is 2.71. The van der Waals surface area contributed by atoms with Crippen LogP contribution in [-0.2, 0) is 7.05 Å². The van der Waals surface area contributed by atoms with Gasteiger partial charge in [-0.25, -0.2) is 4.98 Å². The van der Waals surface area contributed by atoms with Crippen molar-refractivity contribution in [1.82, 2.24) is 19.7 Å². The molecule has 0 atom stereocenters. The highest BCUT2D eigenvalue weighted by molar-refractivity contribution is 7.18. The van der Waals surface area contributed by atoms with Crippen LogP contribution in [0.5, 0.6) is 0 Å². The van der Waals surface area contributed by atoms with Crippen LogP contribution in [0.4, 0.5) is 5.13 Å². The molecule has 68 valence electrons. The van der Waals surface area contributed by atoms with Gasteiger partial charge in [0.1, 0.15) is 6.33 Å². The van der Waals surface area contributed by atoms with E-state index < -0.39 is 0 Å². The number of nitrogen functional groups attached to an aromatic ring is 1. The summed E-state index contributed by atoms with van der Waals surface area (Å²) >= 11 is 1.43. The molecule has 0 spiro atoms. The van der Waals surface area contributed by atoms with Gasteiger partial charge in [-0.05, 0) is 6.92 Å². The minimum absolute atomic E-state index is 0.565. The molecule has 2 rings (SSSR count). The highest BCUT2D eigenvalue weighted by Crippen LogP contribution is 2.28. The number of hydrogen-bond acceptors (Lipinski definition) is 5. The second-order valence-electron chi connectivity index (χ2n) is 2.73. The zero-order chi connectivity index (χ0) is 9.42. The van der Waals surface area contributed by atoms with Gasteiger partial charge < -0.3 is 10.3 Å². The fourth-order valence-corrected chi connectivity index (χ4v) is 1.97. The van der Waals surface area contributed by atoms with E-state index in [1.165, 1.54) is 11.3 Å². The van der Waals surface area contributed by atoms with Gasteiger partial charge in [0.15, 0.2) is 11.0 Å². The van der Waals surface area contributed by atoms with Gasteiger partial charge in [-0.2, -0.15) is 0 Å². The summed E-state index contributed by atoms with van der Waals surface area (Å²) in [7, 11) is 1.89. The lowest BCUT2D eigenvalue weighted by Gasteiger charge is -1.95. The van der Waals surface area contributed by atoms with Gasteiger partial charge in [0.25, 0.3) is 0 Å². The Kier molecular flexibility index (Phi) is 1.77. The van der Waals surface area contributed by atoms with Crippen molar-refractivity contribution in [3.63, 3.8) is 0 Å². The Balaban J connectivity index is 2.58. The molecule has 0 aliphatic heterocycles. The Labute approximate surface area is 79.2 Å². The normalized spacial score (nSPS) is 10.6. The Morgan fingerprint density at radius 1 is 1.54 bits per heavy atom. The lowest BCUT2D eigenvalue weighted by molar-refractivity contribution is 0.920. The molecule has 0 saturated heterocycles. The number of aromatic nitrogens is 4. The summed E-state index contributed by atoms with van der Waals surface area (Å²) in [5.41, 5.74) is 6.49. The van der Waals surface area contributed by atoms with E-state index in [-0.39, 0.29) is 0 Å². The van der Waals surface area contributed by atoms with Crippen molar-refractivity contribution < 1.29 is 0 Å². The predicted molar refractivity (Wildman–Crippen MR) is 51.3 cm³/mol. The largest absolute Gasteiger partial charge is 0.375 e. The first-order valence-corrected chi connectivity index (χ1v) is 4.57. The molecule has 0 radical (unpaired) electrons. The van der Waals surface area contributed by atoms with E-state index >= 15 is 0 Å². The van der Waals surface area contributed by atoms with Crippen molar-refractivity contribution in [2.45, 2.75) is 6.92 Å². The van der Waals surface area contributed by atoms with Crippen LogP contribution in [0, 0.1) is 6.92 Å². The third-order valence-electron chi connectivity index (χ3n) is 1.73. The van der Waals surface area contributed by atoms with Crippen LogP contribution in [0.25, 0.3) is 10.7 Å². The summed E-state index contributed by atoms with van der Waals surface area (Å²) in [6, 6.07) is 0. The Bertz CT molecular complexity index is 430. The van der Waals surface area contributed by atoms with Crippen molar-refractivity contribution in [2.24, 2.45) is 7.05 Å². The SMILES string of the molecule is Cc1nc(N)sc1-c1nncn1C. The van der Waals surface area contributed by atoms with E-state index in [1.807, 2.05) is 18.5 Å². The van der Waals surface area contributed by atoms with Gasteiger partial charge in [0.05, 0.1) is 10.6 Å². The molecule has 0 aromatic carbocycles. The number of anilines is 1. The number of thiazole rings is 1. The molecule has 0 amide bonds. The Morgan fingerprint density at radius 2 is 2.31 bits per heavy atom. The van der Waals surface area contributed by atoms with E-state index in [1.54, 1.807) is 6.33 Å². The average Bonchev–Trinajstić information content (AvgIpc) is 2.58. The van der Waals surface area contributed by atoms with E-state index in [4.69, 9.17) is 5.73 Å². The molecule has 5 nitrogen and oxygen atoms in total. The molecule has 2 N–H and O–H groups in total. The standard InChI is InChI=1S/C7H9N5S/c1-4-5(13-7(8)10-4)6-11-9-3-12(6)2/h3H,1-2H3,(H2,8,10). The smallest absolute Gasteiger partial charge is 0.180 e. The summed E-state index contributed by atoms with van der Waals surface area (Å²) in [6.45, 7) is 1.91. The molecule has 0 unspecified atom stereocenters. The number of rotatable bonds is 1. The molecular weight excluding hydrogens is 186 g/mol. The van der Waals surface area contributed by atoms with Gasteiger partial charge in [-0.1, -0.05) is 11.3 Å². The van der Waals surface area contributed by atoms with Gasteiger partial charge in [-0.15, -0.1) is 10.2 Å². The van der Waals surface area contributed by atoms with Crippen LogP contribution in [-0.4, -0.2) is 19.7 Å². The Hall–Kier alpha value is -1.43. The number of nitrogens with zero attached hydrogens (tertiary/aromatic N) is 4. The van der Waals surface area contributed by atoms with Gasteiger partial charge in [-0.3, -0.25) is 0 Å².